The quantitative estimate of drug-likeness (QED) is 0.722. The number of rotatable bonds is 4. The summed E-state index contributed by atoms with van der Waals surface area (Å²) >= 11 is 0. The third-order valence-corrected chi connectivity index (χ3v) is 6.20. The molecule has 6 heteroatoms. The van der Waals surface area contributed by atoms with Crippen LogP contribution in [0.25, 0.3) is 22.2 Å². The van der Waals surface area contributed by atoms with E-state index >= 15 is 0 Å². The van der Waals surface area contributed by atoms with Crippen molar-refractivity contribution in [3.63, 3.8) is 0 Å². The van der Waals surface area contributed by atoms with Gasteiger partial charge in [-0.3, -0.25) is 9.78 Å². The number of carbonyl (C=O) groups excluding carboxylic acids is 1. The van der Waals surface area contributed by atoms with Crippen LogP contribution in [0.1, 0.15) is 23.2 Å². The fourth-order valence-electron chi connectivity index (χ4n) is 4.54. The van der Waals surface area contributed by atoms with Crippen LogP contribution in [-0.2, 0) is 4.74 Å². The molecule has 0 saturated carbocycles. The number of para-hydroxylation sites is 1. The standard InChI is InChI=1S/C24H26N4O2/c29-24(28-12-10-27(11-13-28)17-19-6-4-14-30-19)21-15-23(18-5-3-9-25-16-18)26-22-8-2-1-7-20(21)22/h1-3,5,7-9,15-16,19H,4,6,10-14,17H2/p+1/t19-/m1/s1. The second kappa shape index (κ2) is 8.50. The van der Waals surface area contributed by atoms with Crippen LogP contribution in [0.4, 0.5) is 0 Å². The molecule has 1 amide bonds. The van der Waals surface area contributed by atoms with E-state index in [1.54, 1.807) is 17.3 Å². The van der Waals surface area contributed by atoms with Crippen LogP contribution in [0.5, 0.6) is 0 Å². The predicted molar refractivity (Wildman–Crippen MR) is 115 cm³/mol. The van der Waals surface area contributed by atoms with E-state index in [0.717, 1.165) is 67.1 Å². The molecule has 2 aliphatic heterocycles. The van der Waals surface area contributed by atoms with Crippen molar-refractivity contribution in [3.8, 4) is 11.3 Å². The Morgan fingerprint density at radius 1 is 1.17 bits per heavy atom. The van der Waals surface area contributed by atoms with E-state index in [9.17, 15) is 4.79 Å². The lowest BCUT2D eigenvalue weighted by atomic mass is 10.0. The number of hydrogen-bond donors (Lipinski definition) is 1. The van der Waals surface area contributed by atoms with Crippen LogP contribution in [0, 0.1) is 0 Å². The molecule has 0 bridgehead atoms. The minimum Gasteiger partial charge on any atom is -0.372 e. The highest BCUT2D eigenvalue weighted by Crippen LogP contribution is 2.25. The molecule has 2 aliphatic rings. The van der Waals surface area contributed by atoms with Gasteiger partial charge in [0.2, 0.25) is 0 Å². The smallest absolute Gasteiger partial charge is 0.255 e. The van der Waals surface area contributed by atoms with Gasteiger partial charge >= 0.3 is 0 Å². The van der Waals surface area contributed by atoms with Gasteiger partial charge in [-0.15, -0.1) is 0 Å². The average Bonchev–Trinajstić information content (AvgIpc) is 3.32. The summed E-state index contributed by atoms with van der Waals surface area (Å²) in [4.78, 5) is 26.0. The highest BCUT2D eigenvalue weighted by Gasteiger charge is 2.29. The number of aromatic nitrogens is 2. The number of quaternary nitrogens is 1. The maximum atomic E-state index is 13.5. The molecule has 0 unspecified atom stereocenters. The molecule has 30 heavy (non-hydrogen) atoms. The maximum absolute atomic E-state index is 13.5. The largest absolute Gasteiger partial charge is 0.372 e. The summed E-state index contributed by atoms with van der Waals surface area (Å²) in [5.41, 5.74) is 3.27. The van der Waals surface area contributed by atoms with Gasteiger partial charge in [0.25, 0.3) is 5.91 Å². The normalized spacial score (nSPS) is 20.0. The first-order valence-electron chi connectivity index (χ1n) is 10.8. The number of nitrogens with zero attached hydrogens (tertiary/aromatic N) is 3. The molecule has 4 heterocycles. The third-order valence-electron chi connectivity index (χ3n) is 6.20. The van der Waals surface area contributed by atoms with Crippen LogP contribution < -0.4 is 4.90 Å². The van der Waals surface area contributed by atoms with Crippen LogP contribution in [-0.4, -0.2) is 66.2 Å². The SMILES string of the molecule is O=C(c1cc(-c2cccnc2)nc2ccccc12)N1CC[NH+](C[C@H]2CCCO2)CC1. The van der Waals surface area contributed by atoms with Gasteiger partial charge in [0.05, 0.1) is 43.0 Å². The minimum absolute atomic E-state index is 0.0925. The topological polar surface area (TPSA) is 59.8 Å². The van der Waals surface area contributed by atoms with Crippen molar-refractivity contribution in [2.45, 2.75) is 18.9 Å². The Kier molecular flexibility index (Phi) is 5.43. The molecule has 0 radical (unpaired) electrons. The van der Waals surface area contributed by atoms with E-state index in [1.807, 2.05) is 47.4 Å². The Morgan fingerprint density at radius 2 is 2.03 bits per heavy atom. The first-order valence-corrected chi connectivity index (χ1v) is 10.8. The number of nitrogens with one attached hydrogen (secondary N) is 1. The monoisotopic (exact) mass is 403 g/mol. The van der Waals surface area contributed by atoms with E-state index < -0.39 is 0 Å². The van der Waals surface area contributed by atoms with Crippen molar-refractivity contribution >= 4 is 16.8 Å². The Bertz CT molecular complexity index is 1030. The summed E-state index contributed by atoms with van der Waals surface area (Å²) in [5, 5.41) is 0.907. The summed E-state index contributed by atoms with van der Waals surface area (Å²) in [5.74, 6) is 0.0925. The predicted octanol–water partition coefficient (Wildman–Crippen LogP) is 1.82. The lowest BCUT2D eigenvalue weighted by molar-refractivity contribution is -0.906. The number of amides is 1. The van der Waals surface area contributed by atoms with Crippen LogP contribution in [0.2, 0.25) is 0 Å². The first-order chi connectivity index (χ1) is 14.8. The van der Waals surface area contributed by atoms with E-state index in [2.05, 4.69) is 4.98 Å². The summed E-state index contributed by atoms with van der Waals surface area (Å²) in [7, 11) is 0. The molecular weight excluding hydrogens is 376 g/mol. The lowest BCUT2D eigenvalue weighted by Gasteiger charge is -2.33. The fraction of sp³-hybridized carbons (Fsp3) is 0.375. The highest BCUT2D eigenvalue weighted by molar-refractivity contribution is 6.07. The van der Waals surface area contributed by atoms with Gasteiger partial charge in [0, 0.05) is 30.0 Å². The van der Waals surface area contributed by atoms with Gasteiger partial charge in [0.15, 0.2) is 0 Å². The van der Waals surface area contributed by atoms with Crippen LogP contribution >= 0.6 is 0 Å². The number of pyridine rings is 2. The van der Waals surface area contributed by atoms with Crippen molar-refractivity contribution in [2.75, 3.05) is 39.3 Å². The van der Waals surface area contributed by atoms with Crippen molar-refractivity contribution in [2.24, 2.45) is 0 Å². The molecule has 2 fully saturated rings. The Morgan fingerprint density at radius 3 is 2.80 bits per heavy atom. The molecule has 5 rings (SSSR count). The van der Waals surface area contributed by atoms with Crippen molar-refractivity contribution in [1.82, 2.24) is 14.9 Å². The zero-order valence-corrected chi connectivity index (χ0v) is 17.1. The zero-order valence-electron chi connectivity index (χ0n) is 17.1. The Labute approximate surface area is 176 Å². The number of piperazine rings is 1. The van der Waals surface area contributed by atoms with E-state index in [0.29, 0.717) is 6.10 Å². The van der Waals surface area contributed by atoms with E-state index in [4.69, 9.17) is 9.72 Å². The maximum Gasteiger partial charge on any atom is 0.255 e. The summed E-state index contributed by atoms with van der Waals surface area (Å²) in [6.07, 6.45) is 6.28. The van der Waals surface area contributed by atoms with E-state index in [1.165, 1.54) is 12.8 Å². The molecule has 2 saturated heterocycles. The van der Waals surface area contributed by atoms with Gasteiger partial charge in [-0.2, -0.15) is 0 Å². The summed E-state index contributed by atoms with van der Waals surface area (Å²) < 4.78 is 5.79. The zero-order chi connectivity index (χ0) is 20.3. The van der Waals surface area contributed by atoms with Gasteiger partial charge in [0.1, 0.15) is 12.6 Å². The molecule has 3 aromatic rings. The number of hydrogen-bond acceptors (Lipinski definition) is 4. The van der Waals surface area contributed by atoms with Gasteiger partial charge in [-0.05, 0) is 37.1 Å². The molecule has 6 nitrogen and oxygen atoms in total. The summed E-state index contributed by atoms with van der Waals surface area (Å²) in [6.45, 7) is 5.47. The first kappa shape index (κ1) is 19.2. The van der Waals surface area contributed by atoms with Crippen molar-refractivity contribution in [1.29, 1.82) is 0 Å². The molecule has 1 N–H and O–H groups in total. The van der Waals surface area contributed by atoms with Crippen LogP contribution in [0.3, 0.4) is 0 Å². The molecule has 0 spiro atoms. The second-order valence-electron chi connectivity index (χ2n) is 8.20. The number of ether oxygens (including phenoxy) is 1. The van der Waals surface area contributed by atoms with Crippen molar-refractivity contribution in [3.05, 3.63) is 60.4 Å². The minimum atomic E-state index is 0.0925. The van der Waals surface area contributed by atoms with E-state index in [-0.39, 0.29) is 5.91 Å². The van der Waals surface area contributed by atoms with Crippen molar-refractivity contribution < 1.29 is 14.4 Å². The lowest BCUT2D eigenvalue weighted by Crippen LogP contribution is -3.15. The highest BCUT2D eigenvalue weighted by atomic mass is 16.5. The molecular formula is C24H27N4O2+. The number of carbonyl (C=O) groups is 1. The van der Waals surface area contributed by atoms with Gasteiger partial charge in [-0.25, -0.2) is 4.98 Å². The fourth-order valence-corrected chi connectivity index (χ4v) is 4.54. The summed E-state index contributed by atoms with van der Waals surface area (Å²) in [6, 6.07) is 13.7. The Hall–Kier alpha value is -2.83. The molecule has 154 valence electrons. The van der Waals surface area contributed by atoms with Gasteiger partial charge in [-0.1, -0.05) is 18.2 Å². The average molecular weight is 404 g/mol. The van der Waals surface area contributed by atoms with Gasteiger partial charge < -0.3 is 14.5 Å². The third kappa shape index (κ3) is 3.93. The molecule has 1 aromatic carbocycles. The number of benzene rings is 1. The molecule has 2 aromatic heterocycles. The molecule has 0 aliphatic carbocycles. The Balaban J connectivity index is 1.38. The molecule has 1 atom stereocenters. The second-order valence-corrected chi connectivity index (χ2v) is 8.20. The van der Waals surface area contributed by atoms with Crippen LogP contribution in [0.15, 0.2) is 54.9 Å². The number of fused-ring (bicyclic) bond motifs is 1.